The summed E-state index contributed by atoms with van der Waals surface area (Å²) in [6.45, 7) is 0. The average Bonchev–Trinajstić information content (AvgIpc) is 2.52. The van der Waals surface area contributed by atoms with Crippen molar-refractivity contribution in [3.05, 3.63) is 71.0 Å². The monoisotopic (exact) mass is 357 g/mol. The first-order valence-corrected chi connectivity index (χ1v) is 8.26. The summed E-state index contributed by atoms with van der Waals surface area (Å²) in [7, 11) is 0. The van der Waals surface area contributed by atoms with Crippen molar-refractivity contribution < 1.29 is 4.79 Å². The molecule has 0 radical (unpaired) electrons. The molecule has 0 unspecified atom stereocenters. The summed E-state index contributed by atoms with van der Waals surface area (Å²) < 4.78 is 1.02. The molecule has 0 amide bonds. The van der Waals surface area contributed by atoms with Gasteiger partial charge in [-0.3, -0.25) is 9.78 Å². The predicted molar refractivity (Wildman–Crippen MR) is 90.9 cm³/mol. The molecule has 0 aliphatic carbocycles. The number of nitrogens with zero attached hydrogens (tertiary/aromatic N) is 1. The molecule has 1 heterocycles. The zero-order valence-electron chi connectivity index (χ0n) is 11.1. The number of Topliss-reactive ketones (excluding diaryl/α,β-unsaturated/α-hetero) is 1. The molecular weight excluding hydrogens is 346 g/mol. The highest BCUT2D eigenvalue weighted by Gasteiger charge is 2.10. The van der Waals surface area contributed by atoms with E-state index in [1.165, 1.54) is 0 Å². The van der Waals surface area contributed by atoms with Gasteiger partial charge in [0.2, 0.25) is 0 Å². The molecule has 0 aliphatic heterocycles. The molecule has 104 valence electrons. The van der Waals surface area contributed by atoms with Crippen LogP contribution >= 0.6 is 27.7 Å². The van der Waals surface area contributed by atoms with Gasteiger partial charge in [-0.25, -0.2) is 0 Å². The molecule has 0 spiro atoms. The van der Waals surface area contributed by atoms with E-state index < -0.39 is 0 Å². The fourth-order valence-corrected chi connectivity index (χ4v) is 3.54. The third-order valence-electron chi connectivity index (χ3n) is 3.15. The number of hydrogen-bond donors (Lipinski definition) is 0. The van der Waals surface area contributed by atoms with Gasteiger partial charge in [0, 0.05) is 32.7 Å². The van der Waals surface area contributed by atoms with Crippen molar-refractivity contribution in [2.45, 2.75) is 4.90 Å². The molecule has 21 heavy (non-hydrogen) atoms. The molecule has 0 bridgehead atoms. The van der Waals surface area contributed by atoms with E-state index in [0.717, 1.165) is 25.7 Å². The Hall–Kier alpha value is -1.65. The van der Waals surface area contributed by atoms with E-state index in [2.05, 4.69) is 20.9 Å². The molecule has 4 heteroatoms. The third kappa shape index (κ3) is 3.34. The number of hydrogen-bond acceptors (Lipinski definition) is 3. The quantitative estimate of drug-likeness (QED) is 0.487. The number of halogens is 1. The van der Waals surface area contributed by atoms with E-state index in [0.29, 0.717) is 5.75 Å². The minimum Gasteiger partial charge on any atom is -0.293 e. The minimum atomic E-state index is 0.136. The number of aromatic nitrogens is 1. The maximum absolute atomic E-state index is 12.5. The molecule has 0 aliphatic rings. The number of thioether (sulfide) groups is 1. The van der Waals surface area contributed by atoms with E-state index in [-0.39, 0.29) is 5.78 Å². The summed E-state index contributed by atoms with van der Waals surface area (Å²) in [5, 5.41) is 1.96. The van der Waals surface area contributed by atoms with Crippen molar-refractivity contribution in [2.24, 2.45) is 0 Å². The summed E-state index contributed by atoms with van der Waals surface area (Å²) in [6, 6.07) is 15.6. The molecule has 0 fully saturated rings. The van der Waals surface area contributed by atoms with Crippen molar-refractivity contribution in [1.29, 1.82) is 0 Å². The van der Waals surface area contributed by atoms with Crippen molar-refractivity contribution in [3.63, 3.8) is 0 Å². The summed E-state index contributed by atoms with van der Waals surface area (Å²) in [4.78, 5) is 17.6. The molecule has 2 aromatic carbocycles. The molecule has 2 nitrogen and oxygen atoms in total. The third-order valence-corrected chi connectivity index (χ3v) is 4.63. The molecule has 3 rings (SSSR count). The number of carbonyl (C=O) groups excluding carboxylic acids is 1. The Bertz CT molecular complexity index is 798. The fourth-order valence-electron chi connectivity index (χ4n) is 2.15. The van der Waals surface area contributed by atoms with Crippen LogP contribution in [0.1, 0.15) is 10.4 Å². The van der Waals surface area contributed by atoms with Gasteiger partial charge in [0.25, 0.3) is 0 Å². The van der Waals surface area contributed by atoms with Crippen LogP contribution in [0.2, 0.25) is 0 Å². The van der Waals surface area contributed by atoms with Crippen LogP contribution in [-0.4, -0.2) is 16.5 Å². The van der Waals surface area contributed by atoms with Crippen LogP contribution in [0.3, 0.4) is 0 Å². The molecule has 0 saturated carbocycles. The average molecular weight is 358 g/mol. The van der Waals surface area contributed by atoms with E-state index in [9.17, 15) is 4.79 Å². The van der Waals surface area contributed by atoms with E-state index in [1.54, 1.807) is 24.2 Å². The van der Waals surface area contributed by atoms with E-state index >= 15 is 0 Å². The van der Waals surface area contributed by atoms with Crippen molar-refractivity contribution in [1.82, 2.24) is 4.98 Å². The normalized spacial score (nSPS) is 10.7. The number of pyridine rings is 1. The second-order valence-corrected chi connectivity index (χ2v) is 6.54. The Balaban J connectivity index is 1.81. The molecule has 0 atom stereocenters. The van der Waals surface area contributed by atoms with Crippen molar-refractivity contribution >= 4 is 44.2 Å². The maximum Gasteiger partial charge on any atom is 0.173 e. The number of benzene rings is 2. The van der Waals surface area contributed by atoms with Gasteiger partial charge in [0.1, 0.15) is 0 Å². The van der Waals surface area contributed by atoms with Gasteiger partial charge in [-0.05, 0) is 29.7 Å². The molecule has 3 aromatic rings. The van der Waals surface area contributed by atoms with Crippen molar-refractivity contribution in [2.75, 3.05) is 5.75 Å². The van der Waals surface area contributed by atoms with Gasteiger partial charge in [0.05, 0.1) is 5.75 Å². The van der Waals surface area contributed by atoms with Gasteiger partial charge < -0.3 is 0 Å². The first-order valence-electron chi connectivity index (χ1n) is 6.48. The van der Waals surface area contributed by atoms with Gasteiger partial charge >= 0.3 is 0 Å². The van der Waals surface area contributed by atoms with Crippen molar-refractivity contribution in [3.8, 4) is 0 Å². The SMILES string of the molecule is O=C(CSc1cccc(Br)c1)c1cccc2cnccc12. The molecular formula is C17H12BrNOS. The van der Waals surface area contributed by atoms with Crippen LogP contribution in [0, 0.1) is 0 Å². The number of rotatable bonds is 4. The second-order valence-electron chi connectivity index (χ2n) is 4.57. The number of carbonyl (C=O) groups is 1. The highest BCUT2D eigenvalue weighted by Crippen LogP contribution is 2.24. The van der Waals surface area contributed by atoms with Gasteiger partial charge in [-0.1, -0.05) is 40.2 Å². The van der Waals surface area contributed by atoms with Crippen LogP contribution in [0.4, 0.5) is 0 Å². The maximum atomic E-state index is 12.5. The Kier molecular flexibility index (Phi) is 4.36. The van der Waals surface area contributed by atoms with Crippen LogP contribution in [0.5, 0.6) is 0 Å². The lowest BCUT2D eigenvalue weighted by Crippen LogP contribution is -2.03. The van der Waals surface area contributed by atoms with Gasteiger partial charge in [-0.15, -0.1) is 11.8 Å². The second kappa shape index (κ2) is 6.41. The van der Waals surface area contributed by atoms with Gasteiger partial charge in [-0.2, -0.15) is 0 Å². The molecule has 1 aromatic heterocycles. The topological polar surface area (TPSA) is 30.0 Å². The number of ketones is 1. The zero-order chi connectivity index (χ0) is 14.7. The molecule has 0 N–H and O–H groups in total. The van der Waals surface area contributed by atoms with E-state index in [4.69, 9.17) is 0 Å². The van der Waals surface area contributed by atoms with Crippen LogP contribution in [0.25, 0.3) is 10.8 Å². The lowest BCUT2D eigenvalue weighted by molar-refractivity contribution is 0.102. The number of fused-ring (bicyclic) bond motifs is 1. The Morgan fingerprint density at radius 1 is 1.14 bits per heavy atom. The Morgan fingerprint density at radius 3 is 2.86 bits per heavy atom. The summed E-state index contributed by atoms with van der Waals surface area (Å²) in [6.07, 6.45) is 3.51. The Morgan fingerprint density at radius 2 is 2.00 bits per heavy atom. The highest BCUT2D eigenvalue weighted by atomic mass is 79.9. The smallest absolute Gasteiger partial charge is 0.173 e. The standard InChI is InChI=1S/C17H12BrNOS/c18-13-4-2-5-14(9-13)21-11-17(20)16-6-1-3-12-10-19-8-7-15(12)16/h1-10H,11H2. The zero-order valence-corrected chi connectivity index (χ0v) is 13.5. The lowest BCUT2D eigenvalue weighted by Gasteiger charge is -2.06. The van der Waals surface area contributed by atoms with Gasteiger partial charge in [0.15, 0.2) is 5.78 Å². The lowest BCUT2D eigenvalue weighted by atomic mass is 10.0. The van der Waals surface area contributed by atoms with E-state index in [1.807, 2.05) is 48.5 Å². The highest BCUT2D eigenvalue weighted by molar-refractivity contribution is 9.10. The summed E-state index contributed by atoms with van der Waals surface area (Å²) >= 11 is 4.99. The first kappa shape index (κ1) is 14.3. The van der Waals surface area contributed by atoms with Crippen LogP contribution in [0.15, 0.2) is 70.3 Å². The van der Waals surface area contributed by atoms with Crippen LogP contribution in [-0.2, 0) is 0 Å². The fraction of sp³-hybridized carbons (Fsp3) is 0.0588. The first-order chi connectivity index (χ1) is 10.2. The summed E-state index contributed by atoms with van der Waals surface area (Å²) in [5.41, 5.74) is 0.761. The largest absolute Gasteiger partial charge is 0.293 e. The Labute approximate surface area is 135 Å². The minimum absolute atomic E-state index is 0.136. The van der Waals surface area contributed by atoms with Crippen LogP contribution < -0.4 is 0 Å². The summed E-state index contributed by atoms with van der Waals surface area (Å²) in [5.74, 6) is 0.564. The predicted octanol–water partition coefficient (Wildman–Crippen LogP) is 4.97. The molecule has 0 saturated heterocycles.